The molecule has 3 nitrogen and oxygen atoms in total. The molecule has 0 aromatic heterocycles. The van der Waals surface area contributed by atoms with Crippen LogP contribution in [0.25, 0.3) is 0 Å². The van der Waals surface area contributed by atoms with Crippen LogP contribution in [0.2, 0.25) is 0 Å². The van der Waals surface area contributed by atoms with E-state index in [0.717, 1.165) is 25.7 Å². The van der Waals surface area contributed by atoms with Gasteiger partial charge in [0.15, 0.2) is 0 Å². The topological polar surface area (TPSA) is 38.7 Å². The predicted molar refractivity (Wildman–Crippen MR) is 71.2 cm³/mol. The van der Waals surface area contributed by atoms with Crippen LogP contribution in [0.4, 0.5) is 0 Å². The lowest BCUT2D eigenvalue weighted by molar-refractivity contribution is -0.101. The molecule has 0 aliphatic heterocycles. The largest absolute Gasteiger partial charge is 0.391 e. The fourth-order valence-electron chi connectivity index (χ4n) is 1.53. The predicted octanol–water partition coefficient (Wildman–Crippen LogP) is 2.92. The second kappa shape index (κ2) is 10.8. The van der Waals surface area contributed by atoms with Crippen molar-refractivity contribution in [2.24, 2.45) is 0 Å². The van der Waals surface area contributed by atoms with Crippen LogP contribution in [0, 0.1) is 0 Å². The number of hydrogen-bond donors (Lipinski definition) is 1. The van der Waals surface area contributed by atoms with Gasteiger partial charge in [-0.3, -0.25) is 0 Å². The Bertz CT molecular complexity index is 180. The molecule has 0 fully saturated rings. The quantitative estimate of drug-likeness (QED) is 0.448. The summed E-state index contributed by atoms with van der Waals surface area (Å²) in [4.78, 5) is 0. The molecule has 0 amide bonds. The molecule has 3 atom stereocenters. The number of hydrogen-bond acceptors (Lipinski definition) is 3. The Kier molecular flexibility index (Phi) is 10.5. The molecule has 0 heterocycles. The van der Waals surface area contributed by atoms with Crippen LogP contribution in [0.1, 0.15) is 46.5 Å². The Labute approximate surface area is 106 Å². The highest BCUT2D eigenvalue weighted by Crippen LogP contribution is 2.12. The van der Waals surface area contributed by atoms with E-state index in [-0.39, 0.29) is 12.2 Å². The standard InChI is InChI=1S/C14H28O3/c1-5-8-10-16-13(7-3)14(12(4)15)17-11-9-6-2/h7,12-15H,3,5-6,8-11H2,1-2,4H3/t12-,13-,14-/m0/s1. The van der Waals surface area contributed by atoms with Gasteiger partial charge in [-0.15, -0.1) is 6.58 Å². The zero-order chi connectivity index (χ0) is 13.1. The maximum Gasteiger partial charge on any atom is 0.113 e. The highest BCUT2D eigenvalue weighted by atomic mass is 16.5. The molecule has 0 saturated carbocycles. The van der Waals surface area contributed by atoms with Crippen LogP contribution >= 0.6 is 0 Å². The normalized spacial score (nSPS) is 16.5. The second-order valence-electron chi connectivity index (χ2n) is 4.35. The maximum atomic E-state index is 9.72. The van der Waals surface area contributed by atoms with E-state index in [1.807, 2.05) is 0 Å². The van der Waals surface area contributed by atoms with Crippen molar-refractivity contribution in [3.63, 3.8) is 0 Å². The summed E-state index contributed by atoms with van der Waals surface area (Å²) < 4.78 is 11.4. The zero-order valence-electron chi connectivity index (χ0n) is 11.5. The average molecular weight is 244 g/mol. The Balaban J connectivity index is 4.15. The van der Waals surface area contributed by atoms with E-state index in [4.69, 9.17) is 9.47 Å². The monoisotopic (exact) mass is 244 g/mol. The zero-order valence-corrected chi connectivity index (χ0v) is 11.5. The maximum absolute atomic E-state index is 9.72. The van der Waals surface area contributed by atoms with Gasteiger partial charge in [0.25, 0.3) is 0 Å². The van der Waals surface area contributed by atoms with Gasteiger partial charge >= 0.3 is 0 Å². The first-order chi connectivity index (χ1) is 8.17. The van der Waals surface area contributed by atoms with Crippen molar-refractivity contribution in [2.75, 3.05) is 13.2 Å². The van der Waals surface area contributed by atoms with Crippen LogP contribution in [0.5, 0.6) is 0 Å². The Morgan fingerprint density at radius 1 is 1.12 bits per heavy atom. The van der Waals surface area contributed by atoms with E-state index in [1.54, 1.807) is 13.0 Å². The van der Waals surface area contributed by atoms with Crippen molar-refractivity contribution >= 4 is 0 Å². The Hall–Kier alpha value is -0.380. The molecule has 0 unspecified atom stereocenters. The number of aliphatic hydroxyl groups excluding tert-OH is 1. The van der Waals surface area contributed by atoms with E-state index < -0.39 is 6.10 Å². The molecular formula is C14H28O3. The molecule has 0 aromatic carbocycles. The fraction of sp³-hybridized carbons (Fsp3) is 0.857. The molecular weight excluding hydrogens is 216 g/mol. The summed E-state index contributed by atoms with van der Waals surface area (Å²) in [5, 5.41) is 9.72. The number of aliphatic hydroxyl groups is 1. The van der Waals surface area contributed by atoms with Gasteiger partial charge in [0.2, 0.25) is 0 Å². The first-order valence-corrected chi connectivity index (χ1v) is 6.71. The van der Waals surface area contributed by atoms with E-state index >= 15 is 0 Å². The lowest BCUT2D eigenvalue weighted by atomic mass is 10.1. The second-order valence-corrected chi connectivity index (χ2v) is 4.35. The molecule has 102 valence electrons. The Morgan fingerprint density at radius 2 is 1.65 bits per heavy atom. The molecule has 1 N–H and O–H groups in total. The van der Waals surface area contributed by atoms with Crippen molar-refractivity contribution in [1.29, 1.82) is 0 Å². The molecule has 0 radical (unpaired) electrons. The Morgan fingerprint density at radius 3 is 2.06 bits per heavy atom. The highest BCUT2D eigenvalue weighted by molar-refractivity contribution is 4.89. The van der Waals surface area contributed by atoms with E-state index in [0.29, 0.717) is 13.2 Å². The highest BCUT2D eigenvalue weighted by Gasteiger charge is 2.24. The lowest BCUT2D eigenvalue weighted by Crippen LogP contribution is -2.39. The minimum absolute atomic E-state index is 0.224. The van der Waals surface area contributed by atoms with Gasteiger partial charge in [-0.2, -0.15) is 0 Å². The molecule has 0 saturated heterocycles. The van der Waals surface area contributed by atoms with E-state index in [1.165, 1.54) is 0 Å². The summed E-state index contributed by atoms with van der Waals surface area (Å²) in [5.41, 5.74) is 0. The van der Waals surface area contributed by atoms with Crippen LogP contribution in [0.3, 0.4) is 0 Å². The number of ether oxygens (including phenoxy) is 2. The molecule has 0 bridgehead atoms. The molecule has 0 aliphatic rings. The molecule has 0 aliphatic carbocycles. The van der Waals surface area contributed by atoms with Gasteiger partial charge in [-0.05, 0) is 19.8 Å². The minimum atomic E-state index is -0.545. The van der Waals surface area contributed by atoms with Crippen molar-refractivity contribution in [2.45, 2.75) is 64.8 Å². The number of unbranched alkanes of at least 4 members (excludes halogenated alkanes) is 2. The summed E-state index contributed by atoms with van der Waals surface area (Å²) in [7, 11) is 0. The minimum Gasteiger partial charge on any atom is -0.391 e. The van der Waals surface area contributed by atoms with Crippen molar-refractivity contribution in [3.8, 4) is 0 Å². The average Bonchev–Trinajstić information content (AvgIpc) is 2.31. The van der Waals surface area contributed by atoms with Crippen molar-refractivity contribution in [1.82, 2.24) is 0 Å². The first-order valence-electron chi connectivity index (χ1n) is 6.71. The third kappa shape index (κ3) is 7.53. The molecule has 0 spiro atoms. The third-order valence-electron chi connectivity index (χ3n) is 2.65. The molecule has 0 rings (SSSR count). The van der Waals surface area contributed by atoms with Gasteiger partial charge in [-0.25, -0.2) is 0 Å². The fourth-order valence-corrected chi connectivity index (χ4v) is 1.53. The smallest absolute Gasteiger partial charge is 0.113 e. The van der Waals surface area contributed by atoms with Gasteiger partial charge < -0.3 is 14.6 Å². The van der Waals surface area contributed by atoms with E-state index in [9.17, 15) is 5.11 Å². The van der Waals surface area contributed by atoms with Gasteiger partial charge in [0.1, 0.15) is 12.2 Å². The van der Waals surface area contributed by atoms with E-state index in [2.05, 4.69) is 20.4 Å². The SMILES string of the molecule is C=C[C@H](OCCCC)[C@@H](OCCCC)[C@H](C)O. The first kappa shape index (κ1) is 16.6. The summed E-state index contributed by atoms with van der Waals surface area (Å²) in [6.07, 6.45) is 4.85. The summed E-state index contributed by atoms with van der Waals surface area (Å²) in [6.45, 7) is 11.1. The van der Waals surface area contributed by atoms with Crippen LogP contribution in [-0.2, 0) is 9.47 Å². The van der Waals surface area contributed by atoms with Crippen LogP contribution in [-0.4, -0.2) is 36.6 Å². The molecule has 17 heavy (non-hydrogen) atoms. The van der Waals surface area contributed by atoms with Crippen LogP contribution in [0.15, 0.2) is 12.7 Å². The lowest BCUT2D eigenvalue weighted by Gasteiger charge is -2.27. The third-order valence-corrected chi connectivity index (χ3v) is 2.65. The number of rotatable bonds is 11. The van der Waals surface area contributed by atoms with Gasteiger partial charge in [0, 0.05) is 13.2 Å². The van der Waals surface area contributed by atoms with Crippen molar-refractivity contribution < 1.29 is 14.6 Å². The molecule has 0 aromatic rings. The summed E-state index contributed by atoms with van der Waals surface area (Å²) in [6, 6.07) is 0. The van der Waals surface area contributed by atoms with Gasteiger partial charge in [0.05, 0.1) is 6.10 Å². The summed E-state index contributed by atoms with van der Waals surface area (Å²) in [5.74, 6) is 0. The van der Waals surface area contributed by atoms with Crippen LogP contribution < -0.4 is 0 Å². The van der Waals surface area contributed by atoms with Crippen molar-refractivity contribution in [3.05, 3.63) is 12.7 Å². The van der Waals surface area contributed by atoms with Gasteiger partial charge in [-0.1, -0.05) is 32.8 Å². The summed E-state index contributed by atoms with van der Waals surface area (Å²) >= 11 is 0. The molecule has 3 heteroatoms.